The maximum Gasteiger partial charge on any atom is 0.244 e. The van der Waals surface area contributed by atoms with Gasteiger partial charge in [-0.3, -0.25) is 9.59 Å². The molecule has 1 aromatic rings. The Bertz CT molecular complexity index is 437. The van der Waals surface area contributed by atoms with E-state index >= 15 is 0 Å². The molecule has 110 valence electrons. The first-order valence-electron chi connectivity index (χ1n) is 6.57. The number of nitrogens with two attached hydrogens (primary N) is 1. The summed E-state index contributed by atoms with van der Waals surface area (Å²) in [4.78, 5) is 23.5. The zero-order valence-corrected chi connectivity index (χ0v) is 11.5. The Hall–Kier alpha value is -1.92. The first-order chi connectivity index (χ1) is 9.58. The average Bonchev–Trinajstić information content (AvgIpc) is 2.45. The quantitative estimate of drug-likeness (QED) is 0.523. The highest BCUT2D eigenvalue weighted by Gasteiger charge is 2.22. The van der Waals surface area contributed by atoms with Crippen molar-refractivity contribution in [2.75, 3.05) is 13.2 Å². The minimum absolute atomic E-state index is 0.375. The molecule has 2 atom stereocenters. The van der Waals surface area contributed by atoms with Crippen LogP contribution < -0.4 is 16.4 Å². The fraction of sp³-hybridized carbons (Fsp3) is 0.429. The number of hydrogen-bond acceptors (Lipinski definition) is 4. The number of nitrogens with one attached hydrogen (secondary N) is 2. The Morgan fingerprint density at radius 2 is 1.90 bits per heavy atom. The summed E-state index contributed by atoms with van der Waals surface area (Å²) in [7, 11) is 0. The van der Waals surface area contributed by atoms with Crippen LogP contribution in [0.4, 0.5) is 0 Å². The van der Waals surface area contributed by atoms with Crippen molar-refractivity contribution in [3.63, 3.8) is 0 Å². The van der Waals surface area contributed by atoms with Crippen LogP contribution in [-0.2, 0) is 16.0 Å². The van der Waals surface area contributed by atoms with Gasteiger partial charge in [0.1, 0.15) is 6.04 Å². The summed E-state index contributed by atoms with van der Waals surface area (Å²) >= 11 is 0. The van der Waals surface area contributed by atoms with Crippen LogP contribution >= 0.6 is 0 Å². The van der Waals surface area contributed by atoms with Gasteiger partial charge in [-0.15, -0.1) is 0 Å². The molecule has 0 aliphatic carbocycles. The lowest BCUT2D eigenvalue weighted by atomic mass is 10.1. The van der Waals surface area contributed by atoms with E-state index in [1.54, 1.807) is 6.92 Å². The number of carbonyl (C=O) groups is 2. The third-order valence-electron chi connectivity index (χ3n) is 2.80. The molecule has 0 saturated heterocycles. The fourth-order valence-electron chi connectivity index (χ4n) is 1.73. The normalized spacial score (nSPS) is 13.3. The molecule has 0 aromatic heterocycles. The van der Waals surface area contributed by atoms with Crippen molar-refractivity contribution in [3.05, 3.63) is 35.9 Å². The summed E-state index contributed by atoms with van der Waals surface area (Å²) in [5.41, 5.74) is 6.74. The van der Waals surface area contributed by atoms with Crippen LogP contribution in [0.1, 0.15) is 12.5 Å². The van der Waals surface area contributed by atoms with Gasteiger partial charge in [-0.1, -0.05) is 30.3 Å². The summed E-state index contributed by atoms with van der Waals surface area (Å²) in [6, 6.07) is 7.63. The number of rotatable bonds is 7. The predicted molar refractivity (Wildman–Crippen MR) is 75.8 cm³/mol. The van der Waals surface area contributed by atoms with Crippen LogP contribution in [0.5, 0.6) is 0 Å². The topological polar surface area (TPSA) is 104 Å². The largest absolute Gasteiger partial charge is 0.394 e. The van der Waals surface area contributed by atoms with E-state index in [0.717, 1.165) is 5.56 Å². The second-order valence-electron chi connectivity index (χ2n) is 4.43. The Balaban J connectivity index is 2.54. The number of amides is 2. The molecule has 0 saturated carbocycles. The molecule has 6 heteroatoms. The first-order valence-corrected chi connectivity index (χ1v) is 6.57. The van der Waals surface area contributed by atoms with Crippen molar-refractivity contribution in [1.82, 2.24) is 10.6 Å². The maximum absolute atomic E-state index is 11.9. The van der Waals surface area contributed by atoms with E-state index in [2.05, 4.69) is 10.6 Å². The Morgan fingerprint density at radius 1 is 1.25 bits per heavy atom. The molecule has 0 unspecified atom stereocenters. The van der Waals surface area contributed by atoms with Crippen molar-refractivity contribution in [1.29, 1.82) is 0 Å². The molecule has 1 rings (SSSR count). The standard InChI is InChI=1S/C14H21N3O3/c1-2-16-14(20)12(9-18)17-13(19)11(15)8-10-6-4-3-5-7-10/h3-7,11-12,18H,2,8-9,15H2,1H3,(H,16,20)(H,17,19)/t11-,12+/m0/s1. The molecule has 0 radical (unpaired) electrons. The monoisotopic (exact) mass is 279 g/mol. The number of aliphatic hydroxyl groups is 1. The van der Waals surface area contributed by atoms with Crippen LogP contribution in [-0.4, -0.2) is 42.2 Å². The second kappa shape index (κ2) is 8.29. The van der Waals surface area contributed by atoms with E-state index in [1.165, 1.54) is 0 Å². The number of hydrogen-bond donors (Lipinski definition) is 4. The van der Waals surface area contributed by atoms with E-state index in [4.69, 9.17) is 10.8 Å². The lowest BCUT2D eigenvalue weighted by molar-refractivity contribution is -0.130. The van der Waals surface area contributed by atoms with Crippen molar-refractivity contribution in [2.45, 2.75) is 25.4 Å². The third kappa shape index (κ3) is 4.99. The highest BCUT2D eigenvalue weighted by Crippen LogP contribution is 2.02. The molecule has 0 spiro atoms. The van der Waals surface area contributed by atoms with Gasteiger partial charge in [-0.2, -0.15) is 0 Å². The Morgan fingerprint density at radius 3 is 2.45 bits per heavy atom. The Kier molecular flexibility index (Phi) is 6.69. The SMILES string of the molecule is CCNC(=O)[C@@H](CO)NC(=O)[C@@H](N)Cc1ccccc1. The average molecular weight is 279 g/mol. The summed E-state index contributed by atoms with van der Waals surface area (Å²) in [6.45, 7) is 1.73. The van der Waals surface area contributed by atoms with Gasteiger partial charge in [-0.25, -0.2) is 0 Å². The Labute approximate surface area is 118 Å². The van der Waals surface area contributed by atoms with E-state index in [9.17, 15) is 9.59 Å². The van der Waals surface area contributed by atoms with Crippen molar-refractivity contribution < 1.29 is 14.7 Å². The van der Waals surface area contributed by atoms with Gasteiger partial charge < -0.3 is 21.5 Å². The molecule has 6 nitrogen and oxygen atoms in total. The lowest BCUT2D eigenvalue weighted by Crippen LogP contribution is -2.53. The van der Waals surface area contributed by atoms with E-state index in [-0.39, 0.29) is 0 Å². The fourth-order valence-corrected chi connectivity index (χ4v) is 1.73. The zero-order chi connectivity index (χ0) is 15.0. The van der Waals surface area contributed by atoms with Crippen molar-refractivity contribution in [3.8, 4) is 0 Å². The van der Waals surface area contributed by atoms with Gasteiger partial charge >= 0.3 is 0 Å². The maximum atomic E-state index is 11.9. The molecule has 0 fully saturated rings. The molecule has 0 aliphatic rings. The molecular weight excluding hydrogens is 258 g/mol. The first kappa shape index (κ1) is 16.1. The van der Waals surface area contributed by atoms with Gasteiger partial charge in [0.25, 0.3) is 0 Å². The number of carbonyl (C=O) groups excluding carboxylic acids is 2. The van der Waals surface area contributed by atoms with Gasteiger partial charge in [0.15, 0.2) is 0 Å². The minimum atomic E-state index is -0.968. The van der Waals surface area contributed by atoms with Crippen LogP contribution in [0.25, 0.3) is 0 Å². The molecule has 0 heterocycles. The van der Waals surface area contributed by atoms with Crippen LogP contribution in [0.3, 0.4) is 0 Å². The molecule has 0 aliphatic heterocycles. The van der Waals surface area contributed by atoms with E-state index in [1.807, 2.05) is 30.3 Å². The highest BCUT2D eigenvalue weighted by atomic mass is 16.3. The molecule has 0 bridgehead atoms. The highest BCUT2D eigenvalue weighted by molar-refractivity contribution is 5.89. The summed E-state index contributed by atoms with van der Waals surface area (Å²) in [6.07, 6.45) is 0.375. The minimum Gasteiger partial charge on any atom is -0.394 e. The summed E-state index contributed by atoms with van der Waals surface area (Å²) in [5.74, 6) is -0.880. The van der Waals surface area contributed by atoms with Gasteiger partial charge in [0.2, 0.25) is 11.8 Å². The van der Waals surface area contributed by atoms with Gasteiger partial charge in [-0.05, 0) is 18.9 Å². The molecule has 1 aromatic carbocycles. The van der Waals surface area contributed by atoms with E-state index < -0.39 is 30.5 Å². The predicted octanol–water partition coefficient (Wildman–Crippen LogP) is -0.830. The zero-order valence-electron chi connectivity index (χ0n) is 11.5. The number of aliphatic hydroxyl groups excluding tert-OH is 1. The molecule has 2 amide bonds. The lowest BCUT2D eigenvalue weighted by Gasteiger charge is -2.18. The third-order valence-corrected chi connectivity index (χ3v) is 2.80. The van der Waals surface area contributed by atoms with Crippen molar-refractivity contribution in [2.24, 2.45) is 5.73 Å². The molecule has 20 heavy (non-hydrogen) atoms. The van der Waals surface area contributed by atoms with E-state index in [0.29, 0.717) is 13.0 Å². The molecular formula is C14H21N3O3. The van der Waals surface area contributed by atoms with Gasteiger partial charge in [0, 0.05) is 6.54 Å². The van der Waals surface area contributed by atoms with Crippen LogP contribution in [0, 0.1) is 0 Å². The smallest absolute Gasteiger partial charge is 0.244 e. The van der Waals surface area contributed by atoms with Crippen molar-refractivity contribution >= 4 is 11.8 Å². The van der Waals surface area contributed by atoms with Crippen LogP contribution in [0.2, 0.25) is 0 Å². The number of likely N-dealkylation sites (N-methyl/N-ethyl adjacent to an activating group) is 1. The van der Waals surface area contributed by atoms with Crippen LogP contribution in [0.15, 0.2) is 30.3 Å². The summed E-state index contributed by atoms with van der Waals surface area (Å²) in [5, 5.41) is 14.1. The second-order valence-corrected chi connectivity index (χ2v) is 4.43. The molecule has 5 N–H and O–H groups in total. The van der Waals surface area contributed by atoms with Gasteiger partial charge in [0.05, 0.1) is 12.6 Å². The number of benzene rings is 1. The summed E-state index contributed by atoms with van der Waals surface area (Å²) < 4.78 is 0.